The fourth-order valence-corrected chi connectivity index (χ4v) is 7.78. The maximum atomic E-state index is 2.20. The Hall–Kier alpha value is -7.80. The Bertz CT molecular complexity index is 2570. The number of hydrogen-bond acceptors (Lipinski definition) is 0. The second kappa shape index (κ2) is 164. The first-order chi connectivity index (χ1) is 55.1. The Morgan fingerprint density at radius 1 is 0.212 bits per heavy atom. The number of hydrogen-bond donors (Lipinski definition) is 0. The molecule has 0 spiro atoms. The van der Waals surface area contributed by atoms with E-state index >= 15 is 0 Å². The summed E-state index contributed by atoms with van der Waals surface area (Å²) < 4.78 is 0. The van der Waals surface area contributed by atoms with Gasteiger partial charge >= 0.3 is 0 Å². The highest BCUT2D eigenvalue weighted by molar-refractivity contribution is 5.82. The van der Waals surface area contributed by atoms with Gasteiger partial charge in [0.1, 0.15) is 0 Å². The molecule has 8 aromatic rings. The van der Waals surface area contributed by atoms with Crippen LogP contribution in [0.1, 0.15) is 368 Å². The lowest BCUT2D eigenvalue weighted by Crippen LogP contribution is -1.85. The van der Waals surface area contributed by atoms with Gasteiger partial charge < -0.3 is 0 Å². The van der Waals surface area contributed by atoms with E-state index in [4.69, 9.17) is 0 Å². The smallest absolute Gasteiger partial charge is 0.00258 e. The molecule has 13 rings (SSSR count). The molecule has 0 atom stereocenters. The molecule has 8 aromatic carbocycles. The Morgan fingerprint density at radius 3 is 0.584 bits per heavy atom. The number of allylic oxidation sites excluding steroid dienone is 13. The standard InChI is InChI=1S/C13H12.C10H8.C9H8.2C8H10.C7H8.C5H10.3C5H6.18C2H6.2CH4/c1-3-7-12(8-4-1)11-13-9-5-2-6-10-13;1-2-6-10-8-4-3-7-9(10)5-1;1-2-5-9-7-3-6-8(9)4-1;2*1-2-8-6-4-3-5-7-8;1-7-5-3-2-4-6-7;4*1-2-4-5-3-1;18*1-2;;/h1-10H,11H2;1-8H;1-6H,7H2;2*3-7H,2H2,1H3;2-6H,1H3;1-5H2;3*1-4H,5H2;18*1-2H3;2*1H4. The van der Waals surface area contributed by atoms with Crippen molar-refractivity contribution in [2.75, 3.05) is 0 Å². The van der Waals surface area contributed by atoms with Gasteiger partial charge in [0.25, 0.3) is 0 Å². The van der Waals surface area contributed by atoms with E-state index in [2.05, 4.69) is 300 Å². The van der Waals surface area contributed by atoms with Crippen molar-refractivity contribution in [3.8, 4) is 0 Å². The van der Waals surface area contributed by atoms with Gasteiger partial charge in [-0.3, -0.25) is 0 Å². The first-order valence-electron chi connectivity index (χ1n) is 45.4. The van der Waals surface area contributed by atoms with E-state index in [1.54, 1.807) is 0 Å². The van der Waals surface area contributed by atoms with E-state index in [9.17, 15) is 0 Å². The maximum absolute atomic E-state index is 2.20. The molecule has 113 heavy (non-hydrogen) atoms. The van der Waals surface area contributed by atoms with Crippen molar-refractivity contribution in [1.29, 1.82) is 0 Å². The zero-order valence-corrected chi connectivity index (χ0v) is 81.4. The van der Waals surface area contributed by atoms with Crippen LogP contribution in [-0.4, -0.2) is 0 Å². The largest absolute Gasteiger partial charge is 0.0808 e. The minimum Gasteiger partial charge on any atom is -0.0808 e. The Labute approximate surface area is 716 Å². The fraction of sp³-hybridized carbons (Fsp3) is 0.469. The first kappa shape index (κ1) is 147. The molecular weight excluding hydrogens is 1360 g/mol. The third-order valence-electron chi connectivity index (χ3n) is 12.1. The SMILES string of the molecule is C.C.C1=CCC=C1.C1=CCC=C1.C1=CCC=C1.C1=Cc2ccccc2C1.C1CCCC1.CC.CC.CC.CC.CC.CC.CC.CC.CC.CC.CC.CC.CC.CC.CC.CC.CC.CC.CCc1ccccc1.CCc1ccccc1.Cc1ccccc1.c1ccc(Cc2ccccc2)cc1.c1ccc2ccccc2c1. The van der Waals surface area contributed by atoms with Crippen molar-refractivity contribution >= 4 is 16.8 Å². The quantitative estimate of drug-likeness (QED) is 0.165. The molecule has 0 bridgehead atoms. The Balaban J connectivity index is -0.0000000582. The normalized spacial score (nSPS) is 9.30. The number of fused-ring (bicyclic) bond motifs is 2. The van der Waals surface area contributed by atoms with Gasteiger partial charge in [0.2, 0.25) is 0 Å². The summed E-state index contributed by atoms with van der Waals surface area (Å²) in [6.07, 6.45) is 44.8. The molecule has 0 nitrogen and oxygen atoms in total. The van der Waals surface area contributed by atoms with Crippen molar-refractivity contribution in [3.63, 3.8) is 0 Å². The minimum atomic E-state index is 0. The highest BCUT2D eigenvalue weighted by Gasteiger charge is 2.00. The molecular formula is C113H200. The predicted molar refractivity (Wildman–Crippen MR) is 551 cm³/mol. The third-order valence-corrected chi connectivity index (χ3v) is 12.1. The monoisotopic (exact) mass is 1560 g/mol. The second-order valence-electron chi connectivity index (χ2n) is 18.2. The van der Waals surface area contributed by atoms with E-state index in [-0.39, 0.29) is 14.9 Å². The Kier molecular flexibility index (Phi) is 213. The van der Waals surface area contributed by atoms with Crippen LogP contribution in [0.2, 0.25) is 0 Å². The zero-order valence-electron chi connectivity index (χ0n) is 81.4. The molecule has 5 aliphatic carbocycles. The Morgan fingerprint density at radius 2 is 0.407 bits per heavy atom. The van der Waals surface area contributed by atoms with Gasteiger partial charge in [-0.1, -0.05) is 625 Å². The molecule has 0 amide bonds. The third kappa shape index (κ3) is 120. The fourth-order valence-electron chi connectivity index (χ4n) is 7.78. The lowest BCUT2D eigenvalue weighted by atomic mass is 10.1. The topological polar surface area (TPSA) is 0 Å². The molecule has 652 valence electrons. The van der Waals surface area contributed by atoms with Crippen molar-refractivity contribution in [2.24, 2.45) is 0 Å². The number of benzene rings is 8. The highest BCUT2D eigenvalue weighted by Crippen LogP contribution is 2.18. The van der Waals surface area contributed by atoms with Gasteiger partial charge in [-0.05, 0) is 96.0 Å². The summed E-state index contributed by atoms with van der Waals surface area (Å²) in [6.45, 7) is 78.4. The molecule has 0 aliphatic heterocycles. The van der Waals surface area contributed by atoms with Gasteiger partial charge in [-0.15, -0.1) is 0 Å². The van der Waals surface area contributed by atoms with Crippen LogP contribution in [0.15, 0.2) is 303 Å². The van der Waals surface area contributed by atoms with E-state index < -0.39 is 0 Å². The molecule has 0 aromatic heterocycles. The van der Waals surface area contributed by atoms with Gasteiger partial charge in [0.05, 0.1) is 0 Å². The number of rotatable bonds is 4. The van der Waals surface area contributed by atoms with Crippen molar-refractivity contribution in [3.05, 3.63) is 342 Å². The molecule has 0 unspecified atom stereocenters. The second-order valence-corrected chi connectivity index (χ2v) is 18.2. The summed E-state index contributed by atoms with van der Waals surface area (Å²) in [5.41, 5.74) is 9.72. The van der Waals surface area contributed by atoms with Crippen LogP contribution in [0.25, 0.3) is 16.8 Å². The van der Waals surface area contributed by atoms with Gasteiger partial charge in [0, 0.05) is 0 Å². The van der Waals surface area contributed by atoms with Crippen LogP contribution in [0, 0.1) is 6.92 Å². The molecule has 0 radical (unpaired) electrons. The molecule has 1 fully saturated rings. The first-order valence-corrected chi connectivity index (χ1v) is 45.4. The molecule has 0 heteroatoms. The summed E-state index contributed by atoms with van der Waals surface area (Å²) in [4.78, 5) is 0. The zero-order chi connectivity index (χ0) is 88.7. The van der Waals surface area contributed by atoms with E-state index in [1.807, 2.05) is 280 Å². The summed E-state index contributed by atoms with van der Waals surface area (Å²) in [5, 5.41) is 2.62. The maximum Gasteiger partial charge on any atom is -0.00258 e. The molecule has 0 heterocycles. The number of aryl methyl sites for hydroxylation is 3. The van der Waals surface area contributed by atoms with Gasteiger partial charge in [-0.25, -0.2) is 0 Å². The van der Waals surface area contributed by atoms with Crippen LogP contribution in [-0.2, 0) is 25.7 Å². The summed E-state index contributed by atoms with van der Waals surface area (Å²) in [5.74, 6) is 0. The van der Waals surface area contributed by atoms with Crippen LogP contribution in [0.5, 0.6) is 0 Å². The van der Waals surface area contributed by atoms with Crippen LogP contribution in [0.4, 0.5) is 0 Å². The summed E-state index contributed by atoms with van der Waals surface area (Å²) in [7, 11) is 0. The van der Waals surface area contributed by atoms with Gasteiger partial charge in [-0.2, -0.15) is 0 Å². The average molecular weight is 1560 g/mol. The molecule has 0 saturated heterocycles. The van der Waals surface area contributed by atoms with Crippen molar-refractivity contribution < 1.29 is 0 Å². The predicted octanol–water partition coefficient (Wildman–Crippen LogP) is 41.1. The summed E-state index contributed by atoms with van der Waals surface area (Å²) >= 11 is 0. The highest BCUT2D eigenvalue weighted by atomic mass is 14.1. The molecule has 5 aliphatic rings. The van der Waals surface area contributed by atoms with Crippen LogP contribution in [0.3, 0.4) is 0 Å². The lowest BCUT2D eigenvalue weighted by molar-refractivity contribution is 0.886. The van der Waals surface area contributed by atoms with Crippen molar-refractivity contribution in [1.82, 2.24) is 0 Å². The van der Waals surface area contributed by atoms with Crippen molar-refractivity contribution in [2.45, 2.75) is 362 Å². The molecule has 0 N–H and O–H groups in total. The van der Waals surface area contributed by atoms with E-state index in [1.165, 1.54) is 81.8 Å². The van der Waals surface area contributed by atoms with Gasteiger partial charge in [0.15, 0.2) is 0 Å². The summed E-state index contributed by atoms with van der Waals surface area (Å²) in [6, 6.07) is 77.4. The minimum absolute atomic E-state index is 0. The van der Waals surface area contributed by atoms with E-state index in [0.717, 1.165) is 44.9 Å². The van der Waals surface area contributed by atoms with Crippen LogP contribution >= 0.6 is 0 Å². The molecule has 1 saturated carbocycles. The van der Waals surface area contributed by atoms with E-state index in [0.29, 0.717) is 0 Å². The lowest BCUT2D eigenvalue weighted by Gasteiger charge is -2.00. The van der Waals surface area contributed by atoms with Crippen LogP contribution < -0.4 is 0 Å². The average Bonchev–Trinajstić information content (AvgIpc) is 1.64.